The molecule has 3 N–H and O–H groups in total. The number of hydrogen-bond acceptors (Lipinski definition) is 4. The molecule has 134 valence electrons. The van der Waals surface area contributed by atoms with Gasteiger partial charge in [0.1, 0.15) is 6.61 Å². The summed E-state index contributed by atoms with van der Waals surface area (Å²) in [6, 6.07) is 5.15. The van der Waals surface area contributed by atoms with Gasteiger partial charge in [-0.05, 0) is 51.8 Å². The Labute approximate surface area is 148 Å². The molecule has 0 aliphatic carbocycles. The van der Waals surface area contributed by atoms with Crippen molar-refractivity contribution in [3.05, 3.63) is 51.9 Å². The number of allylic oxidation sites excluding steroid dienone is 3. The highest BCUT2D eigenvalue weighted by Gasteiger charge is 2.17. The molecule has 1 aromatic carbocycles. The number of fused-ring (bicyclic) bond motifs is 1. The van der Waals surface area contributed by atoms with Crippen LogP contribution in [-0.2, 0) is 7.05 Å². The van der Waals surface area contributed by atoms with Crippen LogP contribution in [0.25, 0.3) is 10.9 Å². The normalized spacial score (nSPS) is 11.6. The molecule has 0 saturated carbocycles. The molecule has 0 aliphatic heterocycles. The van der Waals surface area contributed by atoms with Crippen molar-refractivity contribution in [3.8, 4) is 11.5 Å². The Morgan fingerprint density at radius 1 is 1.28 bits per heavy atom. The summed E-state index contributed by atoms with van der Waals surface area (Å²) in [5.41, 5.74) is 8.95. The molecular formula is C20H26N2O3. The number of ether oxygens (including phenoxy) is 1. The summed E-state index contributed by atoms with van der Waals surface area (Å²) in [6.07, 6.45) is 6.04. The van der Waals surface area contributed by atoms with E-state index in [1.165, 1.54) is 15.7 Å². The Morgan fingerprint density at radius 2 is 2.00 bits per heavy atom. The molecule has 0 aliphatic rings. The molecule has 0 amide bonds. The Morgan fingerprint density at radius 3 is 2.68 bits per heavy atom. The second kappa shape index (κ2) is 7.92. The molecule has 0 radical (unpaired) electrons. The minimum absolute atomic E-state index is 0.0473. The summed E-state index contributed by atoms with van der Waals surface area (Å²) >= 11 is 0. The number of hydrogen-bond donors (Lipinski definition) is 2. The Hall–Kier alpha value is -2.69. The number of para-hydroxylation sites is 1. The molecule has 0 unspecified atom stereocenters. The molecule has 1 aromatic heterocycles. The van der Waals surface area contributed by atoms with Gasteiger partial charge in [0, 0.05) is 12.4 Å². The zero-order valence-electron chi connectivity index (χ0n) is 15.3. The number of nitrogens with two attached hydrogens (primary N) is 1. The van der Waals surface area contributed by atoms with Gasteiger partial charge in [-0.15, -0.1) is 0 Å². The predicted octanol–water partition coefficient (Wildman–Crippen LogP) is 3.90. The Kier molecular flexibility index (Phi) is 5.91. The van der Waals surface area contributed by atoms with Crippen molar-refractivity contribution in [3.63, 3.8) is 0 Å². The SMILES string of the molecule is CC(C)=CCC/C(C)=C/COc1c(O)c2cccc(N)c2n(C)c1=O. The molecule has 2 rings (SSSR count). The van der Waals surface area contributed by atoms with Crippen molar-refractivity contribution in [1.82, 2.24) is 4.57 Å². The summed E-state index contributed by atoms with van der Waals surface area (Å²) in [4.78, 5) is 12.5. The van der Waals surface area contributed by atoms with E-state index in [2.05, 4.69) is 19.9 Å². The molecule has 5 heteroatoms. The third-order valence-electron chi connectivity index (χ3n) is 4.12. The van der Waals surface area contributed by atoms with Crippen LogP contribution in [0.15, 0.2) is 46.3 Å². The van der Waals surface area contributed by atoms with Gasteiger partial charge in [0.05, 0.1) is 11.2 Å². The monoisotopic (exact) mass is 342 g/mol. The first-order valence-electron chi connectivity index (χ1n) is 8.35. The van der Waals surface area contributed by atoms with Crippen LogP contribution in [-0.4, -0.2) is 16.3 Å². The largest absolute Gasteiger partial charge is 0.504 e. The first-order valence-corrected chi connectivity index (χ1v) is 8.35. The van der Waals surface area contributed by atoms with Crippen molar-refractivity contribution in [2.24, 2.45) is 7.05 Å². The van der Waals surface area contributed by atoms with Crippen molar-refractivity contribution in [2.45, 2.75) is 33.6 Å². The van der Waals surface area contributed by atoms with Gasteiger partial charge in [-0.2, -0.15) is 0 Å². The lowest BCUT2D eigenvalue weighted by atomic mass is 10.1. The van der Waals surface area contributed by atoms with Crippen LogP contribution < -0.4 is 16.0 Å². The highest BCUT2D eigenvalue weighted by atomic mass is 16.5. The van der Waals surface area contributed by atoms with Crippen LogP contribution in [0.3, 0.4) is 0 Å². The first kappa shape index (κ1) is 18.6. The molecule has 5 nitrogen and oxygen atoms in total. The van der Waals surface area contributed by atoms with E-state index in [4.69, 9.17) is 10.5 Å². The zero-order chi connectivity index (χ0) is 18.6. The standard InChI is InChI=1S/C20H26N2O3/c1-13(2)7-5-8-14(3)11-12-25-19-18(23)15-9-6-10-16(21)17(15)22(4)20(19)24/h6-7,9-11,23H,5,8,12,21H2,1-4H3/b14-11+. The second-order valence-corrected chi connectivity index (χ2v) is 6.47. The van der Waals surface area contributed by atoms with Gasteiger partial charge in [0.2, 0.25) is 5.75 Å². The average molecular weight is 342 g/mol. The number of aryl methyl sites for hydroxylation is 1. The van der Waals surface area contributed by atoms with Gasteiger partial charge in [0.15, 0.2) is 5.75 Å². The highest BCUT2D eigenvalue weighted by Crippen LogP contribution is 2.33. The maximum Gasteiger partial charge on any atom is 0.297 e. The third kappa shape index (κ3) is 4.24. The molecule has 0 spiro atoms. The van der Waals surface area contributed by atoms with Gasteiger partial charge in [0.25, 0.3) is 5.56 Å². The maximum atomic E-state index is 12.5. The average Bonchev–Trinajstić information content (AvgIpc) is 2.55. The third-order valence-corrected chi connectivity index (χ3v) is 4.12. The molecule has 1 heterocycles. The van der Waals surface area contributed by atoms with Crippen LogP contribution in [0.4, 0.5) is 5.69 Å². The van der Waals surface area contributed by atoms with E-state index in [-0.39, 0.29) is 18.1 Å². The Balaban J connectivity index is 2.22. The van der Waals surface area contributed by atoms with E-state index in [0.29, 0.717) is 16.6 Å². The zero-order valence-corrected chi connectivity index (χ0v) is 15.3. The molecule has 25 heavy (non-hydrogen) atoms. The molecule has 0 fully saturated rings. The van der Waals surface area contributed by atoms with Crippen LogP contribution >= 0.6 is 0 Å². The number of anilines is 1. The van der Waals surface area contributed by atoms with E-state index in [0.717, 1.165) is 12.8 Å². The fraction of sp³-hybridized carbons (Fsp3) is 0.350. The van der Waals surface area contributed by atoms with Crippen molar-refractivity contribution in [1.29, 1.82) is 0 Å². The van der Waals surface area contributed by atoms with Crippen LogP contribution in [0.5, 0.6) is 11.5 Å². The summed E-state index contributed by atoms with van der Waals surface area (Å²) < 4.78 is 6.99. The molecule has 0 saturated heterocycles. The fourth-order valence-electron chi connectivity index (χ4n) is 2.69. The van der Waals surface area contributed by atoms with E-state index in [9.17, 15) is 9.90 Å². The number of aromatic hydroxyl groups is 1. The highest BCUT2D eigenvalue weighted by molar-refractivity contribution is 5.95. The van der Waals surface area contributed by atoms with E-state index >= 15 is 0 Å². The molecular weight excluding hydrogens is 316 g/mol. The molecule has 0 atom stereocenters. The van der Waals surface area contributed by atoms with Crippen LogP contribution in [0.1, 0.15) is 33.6 Å². The summed E-state index contributed by atoms with van der Waals surface area (Å²) in [7, 11) is 1.62. The summed E-state index contributed by atoms with van der Waals surface area (Å²) in [5, 5.41) is 10.9. The van der Waals surface area contributed by atoms with Crippen molar-refractivity contribution in [2.75, 3.05) is 12.3 Å². The lowest BCUT2D eigenvalue weighted by molar-refractivity contribution is 0.330. The van der Waals surface area contributed by atoms with E-state index in [1.54, 1.807) is 25.2 Å². The molecule has 2 aromatic rings. The predicted molar refractivity (Wildman–Crippen MR) is 103 cm³/mol. The Bertz CT molecular complexity index is 888. The number of rotatable bonds is 6. The molecule has 0 bridgehead atoms. The van der Waals surface area contributed by atoms with Gasteiger partial charge in [-0.25, -0.2) is 0 Å². The van der Waals surface area contributed by atoms with E-state index < -0.39 is 5.56 Å². The van der Waals surface area contributed by atoms with Gasteiger partial charge in [-0.3, -0.25) is 4.79 Å². The number of aromatic nitrogens is 1. The minimum atomic E-state index is -0.404. The van der Waals surface area contributed by atoms with E-state index in [1.807, 2.05) is 13.0 Å². The van der Waals surface area contributed by atoms with Crippen LogP contribution in [0, 0.1) is 0 Å². The fourth-order valence-corrected chi connectivity index (χ4v) is 2.69. The quantitative estimate of drug-likeness (QED) is 0.616. The number of nitrogen functional groups attached to an aromatic ring is 1. The number of benzene rings is 1. The summed E-state index contributed by atoms with van der Waals surface area (Å²) in [6.45, 7) is 6.42. The smallest absolute Gasteiger partial charge is 0.297 e. The lowest BCUT2D eigenvalue weighted by Crippen LogP contribution is -2.20. The van der Waals surface area contributed by atoms with Gasteiger partial charge >= 0.3 is 0 Å². The maximum absolute atomic E-state index is 12.5. The number of nitrogens with zero attached hydrogens (tertiary/aromatic N) is 1. The topological polar surface area (TPSA) is 77.5 Å². The second-order valence-electron chi connectivity index (χ2n) is 6.47. The first-order chi connectivity index (χ1) is 11.8. The lowest BCUT2D eigenvalue weighted by Gasteiger charge is -2.13. The van der Waals surface area contributed by atoms with Gasteiger partial charge < -0.3 is 20.1 Å². The van der Waals surface area contributed by atoms with Gasteiger partial charge in [-0.1, -0.05) is 23.3 Å². The number of pyridine rings is 1. The van der Waals surface area contributed by atoms with Crippen molar-refractivity contribution < 1.29 is 9.84 Å². The summed E-state index contributed by atoms with van der Waals surface area (Å²) in [5.74, 6) is -0.213. The van der Waals surface area contributed by atoms with Crippen LogP contribution in [0.2, 0.25) is 0 Å². The minimum Gasteiger partial charge on any atom is -0.504 e. The van der Waals surface area contributed by atoms with Crippen molar-refractivity contribution >= 4 is 16.6 Å².